The molecule has 2 rings (SSSR count). The molecule has 5 nitrogen and oxygen atoms in total. The highest BCUT2D eigenvalue weighted by atomic mass is 32.1. The van der Waals surface area contributed by atoms with Gasteiger partial charge in [0.05, 0.1) is 7.11 Å². The molecule has 21 heavy (non-hydrogen) atoms. The zero-order valence-electron chi connectivity index (χ0n) is 12.0. The molecule has 0 aliphatic carbocycles. The standard InChI is InChI=1S/C14H16N2O3S2/c1-8(2)11(14(18)19-3)16-12(17)10-7-21-13(15-10)9-4-5-20-6-9/h4-8,11H,1-3H3,(H,16,17)/t11-/m0/s1. The molecule has 0 saturated carbocycles. The third-order valence-corrected chi connectivity index (χ3v) is 4.49. The molecule has 2 aromatic heterocycles. The molecule has 112 valence electrons. The van der Waals surface area contributed by atoms with Crippen molar-refractivity contribution >= 4 is 34.6 Å². The Bertz CT molecular complexity index is 620. The Morgan fingerprint density at radius 1 is 1.33 bits per heavy atom. The minimum Gasteiger partial charge on any atom is -0.467 e. The molecule has 0 aliphatic heterocycles. The quantitative estimate of drug-likeness (QED) is 0.859. The van der Waals surface area contributed by atoms with Gasteiger partial charge in [-0.05, 0) is 17.4 Å². The highest BCUT2D eigenvalue weighted by Gasteiger charge is 2.26. The van der Waals surface area contributed by atoms with Crippen LogP contribution in [0.15, 0.2) is 22.2 Å². The van der Waals surface area contributed by atoms with E-state index in [-0.39, 0.29) is 11.8 Å². The molecule has 2 aromatic rings. The molecule has 0 radical (unpaired) electrons. The number of rotatable bonds is 5. The first-order valence-corrected chi connectivity index (χ1v) is 8.22. The normalized spacial score (nSPS) is 12.2. The molecular formula is C14H16N2O3S2. The molecule has 0 bridgehead atoms. The van der Waals surface area contributed by atoms with E-state index in [1.165, 1.54) is 18.4 Å². The lowest BCUT2D eigenvalue weighted by molar-refractivity contribution is -0.144. The minimum absolute atomic E-state index is 0.0589. The van der Waals surface area contributed by atoms with Crippen molar-refractivity contribution in [3.8, 4) is 10.6 Å². The van der Waals surface area contributed by atoms with Crippen LogP contribution in [-0.4, -0.2) is 30.0 Å². The molecule has 0 fully saturated rings. The molecule has 0 spiro atoms. The average molecular weight is 324 g/mol. The summed E-state index contributed by atoms with van der Waals surface area (Å²) in [5.74, 6) is -0.875. The van der Waals surface area contributed by atoms with Crippen molar-refractivity contribution in [1.82, 2.24) is 10.3 Å². The predicted molar refractivity (Wildman–Crippen MR) is 83.5 cm³/mol. The number of nitrogens with one attached hydrogen (secondary N) is 1. The number of ether oxygens (including phenoxy) is 1. The van der Waals surface area contributed by atoms with Gasteiger partial charge in [-0.1, -0.05) is 13.8 Å². The maximum Gasteiger partial charge on any atom is 0.328 e. The van der Waals surface area contributed by atoms with Crippen LogP contribution in [0.25, 0.3) is 10.6 Å². The fraction of sp³-hybridized carbons (Fsp3) is 0.357. The number of carbonyl (C=O) groups is 2. The van der Waals surface area contributed by atoms with Crippen molar-refractivity contribution < 1.29 is 14.3 Å². The highest BCUT2D eigenvalue weighted by Crippen LogP contribution is 2.25. The number of methoxy groups -OCH3 is 1. The molecule has 0 saturated heterocycles. The average Bonchev–Trinajstić information content (AvgIpc) is 3.12. The van der Waals surface area contributed by atoms with Gasteiger partial charge < -0.3 is 10.1 Å². The summed E-state index contributed by atoms with van der Waals surface area (Å²) < 4.78 is 4.70. The summed E-state index contributed by atoms with van der Waals surface area (Å²) in [6.07, 6.45) is 0. The summed E-state index contributed by atoms with van der Waals surface area (Å²) in [7, 11) is 1.31. The molecular weight excluding hydrogens is 308 g/mol. The first-order valence-electron chi connectivity index (χ1n) is 6.39. The van der Waals surface area contributed by atoms with Gasteiger partial charge in [0.25, 0.3) is 5.91 Å². The predicted octanol–water partition coefficient (Wildman–Crippen LogP) is 2.80. The second-order valence-corrected chi connectivity index (χ2v) is 6.41. The van der Waals surface area contributed by atoms with Crippen LogP contribution in [0, 0.1) is 5.92 Å². The topological polar surface area (TPSA) is 68.3 Å². The first kappa shape index (κ1) is 15.7. The van der Waals surface area contributed by atoms with Gasteiger partial charge >= 0.3 is 5.97 Å². The van der Waals surface area contributed by atoms with E-state index in [2.05, 4.69) is 10.3 Å². The van der Waals surface area contributed by atoms with Crippen molar-refractivity contribution in [2.24, 2.45) is 5.92 Å². The summed E-state index contributed by atoms with van der Waals surface area (Å²) >= 11 is 2.98. The Labute approximate surface area is 131 Å². The van der Waals surface area contributed by atoms with Crippen LogP contribution in [0.1, 0.15) is 24.3 Å². The molecule has 0 unspecified atom stereocenters. The van der Waals surface area contributed by atoms with Crippen molar-refractivity contribution in [1.29, 1.82) is 0 Å². The molecule has 7 heteroatoms. The molecule has 1 atom stereocenters. The number of hydrogen-bond acceptors (Lipinski definition) is 6. The van der Waals surface area contributed by atoms with E-state index < -0.39 is 12.0 Å². The van der Waals surface area contributed by atoms with Crippen LogP contribution in [0.4, 0.5) is 0 Å². The third-order valence-electron chi connectivity index (χ3n) is 2.91. The lowest BCUT2D eigenvalue weighted by Crippen LogP contribution is -2.45. The number of aromatic nitrogens is 1. The zero-order valence-corrected chi connectivity index (χ0v) is 13.6. The Morgan fingerprint density at radius 2 is 2.10 bits per heavy atom. The summed E-state index contributed by atoms with van der Waals surface area (Å²) in [6, 6.07) is 1.28. The van der Waals surface area contributed by atoms with Crippen LogP contribution >= 0.6 is 22.7 Å². The van der Waals surface area contributed by atoms with Gasteiger partial charge in [-0.3, -0.25) is 4.79 Å². The Hall–Kier alpha value is -1.73. The van der Waals surface area contributed by atoms with Gasteiger partial charge in [0.1, 0.15) is 16.7 Å². The van der Waals surface area contributed by atoms with Crippen molar-refractivity contribution in [2.45, 2.75) is 19.9 Å². The summed E-state index contributed by atoms with van der Waals surface area (Å²) in [6.45, 7) is 3.69. The van der Waals surface area contributed by atoms with E-state index in [0.29, 0.717) is 5.69 Å². The maximum atomic E-state index is 12.2. The summed E-state index contributed by atoms with van der Waals surface area (Å²) in [4.78, 5) is 28.2. The minimum atomic E-state index is -0.672. The van der Waals surface area contributed by atoms with Gasteiger partial charge in [0.2, 0.25) is 0 Å². The van der Waals surface area contributed by atoms with Gasteiger partial charge in [0, 0.05) is 16.3 Å². The third kappa shape index (κ3) is 3.68. The number of esters is 1. The first-order chi connectivity index (χ1) is 10.0. The maximum absolute atomic E-state index is 12.2. The number of nitrogens with zero attached hydrogens (tertiary/aromatic N) is 1. The second kappa shape index (κ2) is 6.82. The van der Waals surface area contributed by atoms with Crippen LogP contribution < -0.4 is 5.32 Å². The molecule has 1 N–H and O–H groups in total. The molecule has 1 amide bonds. The highest BCUT2D eigenvalue weighted by molar-refractivity contribution is 7.14. The number of amides is 1. The van der Waals surface area contributed by atoms with Crippen LogP contribution in [0.2, 0.25) is 0 Å². The molecule has 2 heterocycles. The zero-order chi connectivity index (χ0) is 15.4. The fourth-order valence-corrected chi connectivity index (χ4v) is 3.25. The van der Waals surface area contributed by atoms with Crippen LogP contribution in [0.5, 0.6) is 0 Å². The number of hydrogen-bond donors (Lipinski definition) is 1. The van der Waals surface area contributed by atoms with Crippen molar-refractivity contribution in [3.05, 3.63) is 27.9 Å². The van der Waals surface area contributed by atoms with E-state index in [1.807, 2.05) is 30.7 Å². The van der Waals surface area contributed by atoms with Crippen molar-refractivity contribution in [2.75, 3.05) is 7.11 Å². The number of thiophene rings is 1. The van der Waals surface area contributed by atoms with E-state index in [4.69, 9.17) is 4.74 Å². The monoisotopic (exact) mass is 324 g/mol. The largest absolute Gasteiger partial charge is 0.467 e. The van der Waals surface area contributed by atoms with Gasteiger partial charge in [-0.25, -0.2) is 9.78 Å². The lowest BCUT2D eigenvalue weighted by atomic mass is 10.0. The summed E-state index contributed by atoms with van der Waals surface area (Å²) in [5.41, 5.74) is 1.31. The van der Waals surface area contributed by atoms with E-state index in [9.17, 15) is 9.59 Å². The smallest absolute Gasteiger partial charge is 0.328 e. The van der Waals surface area contributed by atoms with Gasteiger partial charge in [-0.15, -0.1) is 11.3 Å². The van der Waals surface area contributed by atoms with Crippen LogP contribution in [0.3, 0.4) is 0 Å². The van der Waals surface area contributed by atoms with Crippen LogP contribution in [-0.2, 0) is 9.53 Å². The number of thiazole rings is 1. The second-order valence-electron chi connectivity index (χ2n) is 4.77. The van der Waals surface area contributed by atoms with Gasteiger partial charge in [0.15, 0.2) is 0 Å². The van der Waals surface area contributed by atoms with Gasteiger partial charge in [-0.2, -0.15) is 11.3 Å². The summed E-state index contributed by atoms with van der Waals surface area (Å²) in [5, 5.41) is 9.10. The lowest BCUT2D eigenvalue weighted by Gasteiger charge is -2.19. The Kier molecular flexibility index (Phi) is 5.08. The SMILES string of the molecule is COC(=O)[C@@H](NC(=O)c1csc(-c2ccsc2)n1)C(C)C. The van der Waals surface area contributed by atoms with E-state index in [1.54, 1.807) is 16.7 Å². The fourth-order valence-electron chi connectivity index (χ4n) is 1.74. The van der Waals surface area contributed by atoms with E-state index in [0.717, 1.165) is 10.6 Å². The Morgan fingerprint density at radius 3 is 2.67 bits per heavy atom. The Balaban J connectivity index is 2.11. The molecule has 0 aromatic carbocycles. The van der Waals surface area contributed by atoms with E-state index >= 15 is 0 Å². The number of carbonyl (C=O) groups excluding carboxylic acids is 2. The molecule has 0 aliphatic rings. The van der Waals surface area contributed by atoms with Crippen molar-refractivity contribution in [3.63, 3.8) is 0 Å².